The number of benzene rings is 1. The van der Waals surface area contributed by atoms with Gasteiger partial charge in [-0.3, -0.25) is 0 Å². The highest BCUT2D eigenvalue weighted by Gasteiger charge is 2.36. The van der Waals surface area contributed by atoms with Crippen LogP contribution in [0.15, 0.2) is 40.8 Å². The van der Waals surface area contributed by atoms with Crippen LogP contribution in [0.5, 0.6) is 0 Å². The van der Waals surface area contributed by atoms with Crippen LogP contribution in [0.4, 0.5) is 37.7 Å². The summed E-state index contributed by atoms with van der Waals surface area (Å²) in [7, 11) is 0. The molecule has 28 heavy (non-hydrogen) atoms. The van der Waals surface area contributed by atoms with Crippen molar-refractivity contribution in [2.45, 2.75) is 18.9 Å². The molecular formula is C18H11F6N3O. The van der Waals surface area contributed by atoms with Crippen LogP contribution in [0.2, 0.25) is 0 Å². The number of nitriles is 1. The minimum absolute atomic E-state index is 0.0599. The number of nitrogens with zero attached hydrogens (tertiary/aromatic N) is 3. The van der Waals surface area contributed by atoms with E-state index in [1.807, 2.05) is 0 Å². The van der Waals surface area contributed by atoms with Crippen molar-refractivity contribution in [2.75, 3.05) is 11.4 Å². The fourth-order valence-electron chi connectivity index (χ4n) is 2.38. The van der Waals surface area contributed by atoms with Gasteiger partial charge in [0.1, 0.15) is 18.1 Å². The standard InChI is InChI=1S/C18H11F6N3O/c1-26-16-7-4-12(9-15(16)18(22,23)24)27(11-17(19,20)21)10-14-6-5-13(28-14)3-2-8-25/h2-7,9H,10-11H2. The van der Waals surface area contributed by atoms with E-state index in [0.717, 1.165) is 18.2 Å². The molecule has 0 aliphatic rings. The smallest absolute Gasteiger partial charge is 0.407 e. The molecule has 1 aromatic heterocycles. The third-order valence-corrected chi connectivity index (χ3v) is 3.49. The second kappa shape index (κ2) is 8.09. The second-order valence-corrected chi connectivity index (χ2v) is 5.55. The summed E-state index contributed by atoms with van der Waals surface area (Å²) in [4.78, 5) is 3.43. The molecule has 0 aliphatic heterocycles. The number of rotatable bonds is 5. The molecule has 0 saturated carbocycles. The predicted molar refractivity (Wildman–Crippen MR) is 88.2 cm³/mol. The summed E-state index contributed by atoms with van der Waals surface area (Å²) in [5.41, 5.74) is -2.38. The van der Waals surface area contributed by atoms with Crippen LogP contribution in [-0.4, -0.2) is 12.7 Å². The van der Waals surface area contributed by atoms with Gasteiger partial charge in [-0.1, -0.05) is 6.07 Å². The molecule has 0 atom stereocenters. The molecule has 2 rings (SSSR count). The molecule has 146 valence electrons. The molecule has 10 heteroatoms. The zero-order valence-corrected chi connectivity index (χ0v) is 14.0. The molecule has 0 bridgehead atoms. The van der Waals surface area contributed by atoms with Gasteiger partial charge in [-0.15, -0.1) is 0 Å². The molecule has 1 aromatic carbocycles. The number of halogens is 6. The monoisotopic (exact) mass is 399 g/mol. The van der Waals surface area contributed by atoms with Crippen molar-refractivity contribution in [1.29, 1.82) is 5.26 Å². The lowest BCUT2D eigenvalue weighted by Crippen LogP contribution is -2.33. The molecule has 2 aromatic rings. The maximum absolute atomic E-state index is 13.1. The first-order chi connectivity index (χ1) is 13.0. The average Bonchev–Trinajstić information content (AvgIpc) is 3.04. The van der Waals surface area contributed by atoms with E-state index in [2.05, 4.69) is 4.85 Å². The summed E-state index contributed by atoms with van der Waals surface area (Å²) >= 11 is 0. The quantitative estimate of drug-likeness (QED) is 0.354. The maximum Gasteiger partial charge on any atom is 0.407 e. The van der Waals surface area contributed by atoms with Gasteiger partial charge in [0.25, 0.3) is 0 Å². The molecule has 0 N–H and O–H groups in total. The summed E-state index contributed by atoms with van der Waals surface area (Å²) < 4.78 is 83.5. The highest BCUT2D eigenvalue weighted by Crippen LogP contribution is 2.39. The van der Waals surface area contributed by atoms with Crippen molar-refractivity contribution >= 4 is 17.5 Å². The van der Waals surface area contributed by atoms with Crippen molar-refractivity contribution in [1.82, 2.24) is 0 Å². The Labute approximate surface area is 155 Å². The van der Waals surface area contributed by atoms with Gasteiger partial charge in [0.05, 0.1) is 24.7 Å². The number of furan rings is 1. The third-order valence-electron chi connectivity index (χ3n) is 3.49. The van der Waals surface area contributed by atoms with Crippen LogP contribution >= 0.6 is 0 Å². The van der Waals surface area contributed by atoms with E-state index in [0.29, 0.717) is 11.0 Å². The van der Waals surface area contributed by atoms with Gasteiger partial charge in [0.2, 0.25) is 0 Å². The molecule has 0 fully saturated rings. The van der Waals surface area contributed by atoms with Crippen molar-refractivity contribution in [2.24, 2.45) is 0 Å². The van der Waals surface area contributed by atoms with Gasteiger partial charge in [-0.2, -0.15) is 31.6 Å². The van der Waals surface area contributed by atoms with Crippen LogP contribution in [0, 0.1) is 17.9 Å². The average molecular weight is 399 g/mol. The third kappa shape index (κ3) is 5.55. The number of hydrogen-bond acceptors (Lipinski definition) is 3. The number of allylic oxidation sites excluding steroid dienone is 1. The van der Waals surface area contributed by atoms with Crippen molar-refractivity contribution < 1.29 is 30.8 Å². The van der Waals surface area contributed by atoms with E-state index in [1.165, 1.54) is 18.2 Å². The Morgan fingerprint density at radius 3 is 2.43 bits per heavy atom. The minimum Gasteiger partial charge on any atom is -0.460 e. The Balaban J connectivity index is 2.41. The SMILES string of the molecule is [C-]#[N+]c1ccc(N(Cc2ccc(C=CC#N)o2)CC(F)(F)F)cc1C(F)(F)F. The van der Waals surface area contributed by atoms with Gasteiger partial charge in [-0.25, -0.2) is 4.85 Å². The van der Waals surface area contributed by atoms with Crippen LogP contribution < -0.4 is 4.90 Å². The zero-order chi connectivity index (χ0) is 20.9. The zero-order valence-electron chi connectivity index (χ0n) is 14.0. The summed E-state index contributed by atoms with van der Waals surface area (Å²) in [6, 6.07) is 6.86. The number of anilines is 1. The fourth-order valence-corrected chi connectivity index (χ4v) is 2.38. The summed E-state index contributed by atoms with van der Waals surface area (Å²) in [6.07, 6.45) is -7.18. The van der Waals surface area contributed by atoms with Gasteiger partial charge >= 0.3 is 12.4 Å². The second-order valence-electron chi connectivity index (χ2n) is 5.55. The van der Waals surface area contributed by atoms with Gasteiger partial charge in [-0.05, 0) is 30.3 Å². The van der Waals surface area contributed by atoms with E-state index in [-0.39, 0.29) is 17.2 Å². The summed E-state index contributed by atoms with van der Waals surface area (Å²) in [5, 5.41) is 8.47. The van der Waals surface area contributed by atoms with E-state index in [1.54, 1.807) is 6.07 Å². The van der Waals surface area contributed by atoms with Crippen LogP contribution in [0.25, 0.3) is 10.9 Å². The van der Waals surface area contributed by atoms with Crippen LogP contribution in [-0.2, 0) is 12.7 Å². The van der Waals surface area contributed by atoms with Crippen molar-refractivity contribution in [3.05, 3.63) is 64.9 Å². The van der Waals surface area contributed by atoms with Gasteiger partial charge in [0, 0.05) is 11.8 Å². The Kier molecular flexibility index (Phi) is 6.04. The lowest BCUT2D eigenvalue weighted by molar-refractivity contribution is -0.136. The van der Waals surface area contributed by atoms with E-state index >= 15 is 0 Å². The molecule has 0 spiro atoms. The normalized spacial score (nSPS) is 12.0. The van der Waals surface area contributed by atoms with E-state index in [9.17, 15) is 26.3 Å². The number of alkyl halides is 6. The molecule has 4 nitrogen and oxygen atoms in total. The Morgan fingerprint density at radius 1 is 1.14 bits per heavy atom. The highest BCUT2D eigenvalue weighted by molar-refractivity contribution is 5.62. The van der Waals surface area contributed by atoms with E-state index < -0.39 is 36.7 Å². The fraction of sp³-hybridized carbons (Fsp3) is 0.222. The predicted octanol–water partition coefficient (Wildman–Crippen LogP) is 5.95. The largest absolute Gasteiger partial charge is 0.460 e. The minimum atomic E-state index is -4.89. The Bertz CT molecular complexity index is 944. The lowest BCUT2D eigenvalue weighted by atomic mass is 10.1. The highest BCUT2D eigenvalue weighted by atomic mass is 19.4. The molecule has 0 saturated heterocycles. The topological polar surface area (TPSA) is 44.5 Å². The Morgan fingerprint density at radius 2 is 1.86 bits per heavy atom. The molecule has 0 unspecified atom stereocenters. The first kappa shape index (κ1) is 20.9. The summed E-state index contributed by atoms with van der Waals surface area (Å²) in [5.74, 6) is 0.271. The first-order valence-corrected chi connectivity index (χ1v) is 7.59. The lowest BCUT2D eigenvalue weighted by Gasteiger charge is -2.26. The van der Waals surface area contributed by atoms with Crippen molar-refractivity contribution in [3.8, 4) is 6.07 Å². The molecular weight excluding hydrogens is 388 g/mol. The number of hydrogen-bond donors (Lipinski definition) is 0. The van der Waals surface area contributed by atoms with Crippen LogP contribution in [0.3, 0.4) is 0 Å². The first-order valence-electron chi connectivity index (χ1n) is 7.59. The summed E-state index contributed by atoms with van der Waals surface area (Å²) in [6.45, 7) is 4.83. The van der Waals surface area contributed by atoms with Gasteiger partial charge < -0.3 is 9.32 Å². The molecule has 1 heterocycles. The van der Waals surface area contributed by atoms with Crippen LogP contribution in [0.1, 0.15) is 17.1 Å². The molecule has 0 radical (unpaired) electrons. The van der Waals surface area contributed by atoms with Gasteiger partial charge in [0.15, 0.2) is 5.69 Å². The van der Waals surface area contributed by atoms with E-state index in [4.69, 9.17) is 16.3 Å². The molecule has 0 amide bonds. The molecule has 0 aliphatic carbocycles. The Hall–Kier alpha value is -3.40. The maximum atomic E-state index is 13.1. The van der Waals surface area contributed by atoms with Crippen molar-refractivity contribution in [3.63, 3.8) is 0 Å².